The average Bonchev–Trinajstić information content (AvgIpc) is 2.91. The molecule has 139 valence electrons. The number of rotatable bonds is 7. The number of aromatic nitrogens is 2. The van der Waals surface area contributed by atoms with E-state index in [2.05, 4.69) is 81.4 Å². The molecule has 0 bridgehead atoms. The SMILES string of the molecule is CC(C)[Si-](Oc1ccc(Cn2cc(I)cn2)c(Cl)c1)(C(C)C)C(C)C. The molecule has 1 aromatic heterocycles. The van der Waals surface area contributed by atoms with Crippen LogP contribution in [0.3, 0.4) is 0 Å². The monoisotopic (exact) mass is 490 g/mol. The summed E-state index contributed by atoms with van der Waals surface area (Å²) >= 11 is 8.80. The van der Waals surface area contributed by atoms with E-state index in [9.17, 15) is 0 Å². The minimum absolute atomic E-state index is 0.539. The van der Waals surface area contributed by atoms with E-state index in [1.807, 2.05) is 23.1 Å². The third-order valence-electron chi connectivity index (χ3n) is 4.96. The molecule has 0 saturated heterocycles. The van der Waals surface area contributed by atoms with Crippen molar-refractivity contribution >= 4 is 42.5 Å². The Morgan fingerprint density at radius 2 is 1.72 bits per heavy atom. The first kappa shape index (κ1) is 20.8. The Morgan fingerprint density at radius 3 is 2.16 bits per heavy atom. The van der Waals surface area contributed by atoms with Crippen LogP contribution in [0.25, 0.3) is 0 Å². The fourth-order valence-corrected chi connectivity index (χ4v) is 9.80. The van der Waals surface area contributed by atoms with Gasteiger partial charge in [0.25, 0.3) is 0 Å². The number of benzene rings is 1. The highest BCUT2D eigenvalue weighted by molar-refractivity contribution is 14.1. The van der Waals surface area contributed by atoms with E-state index < -0.39 is 8.32 Å². The molecule has 25 heavy (non-hydrogen) atoms. The number of halogens is 2. The fourth-order valence-electron chi connectivity index (χ4n) is 3.88. The number of hydrogen-bond donors (Lipinski definition) is 0. The van der Waals surface area contributed by atoms with Gasteiger partial charge in [-0.2, -0.15) is 5.10 Å². The predicted molar refractivity (Wildman–Crippen MR) is 117 cm³/mol. The molecule has 0 radical (unpaired) electrons. The highest BCUT2D eigenvalue weighted by Crippen LogP contribution is 2.43. The smallest absolute Gasteiger partial charge is 0.0737 e. The predicted octanol–water partition coefficient (Wildman–Crippen LogP) is 6.74. The van der Waals surface area contributed by atoms with Crippen molar-refractivity contribution in [3.05, 3.63) is 44.7 Å². The van der Waals surface area contributed by atoms with Gasteiger partial charge >= 0.3 is 0 Å². The molecule has 1 heterocycles. The van der Waals surface area contributed by atoms with Crippen LogP contribution in [0.2, 0.25) is 21.6 Å². The standard InChI is InChI=1S/C19H28ClIN2OSi/c1-13(2)25(14(3)4,15(5)6)24-18-8-7-16(19(20)9-18)11-23-12-17(21)10-22-23/h7-10,12-15H,11H2,1-6H3/q-1. The summed E-state index contributed by atoms with van der Waals surface area (Å²) < 4.78 is 9.73. The maximum Gasteiger partial charge on any atom is 0.0737 e. The molecule has 0 amide bonds. The molecule has 0 aliphatic carbocycles. The summed E-state index contributed by atoms with van der Waals surface area (Å²) in [5.74, 6) is 0.895. The molecule has 0 atom stereocenters. The molecule has 0 N–H and O–H groups in total. The quantitative estimate of drug-likeness (QED) is 0.317. The zero-order valence-electron chi connectivity index (χ0n) is 15.9. The van der Waals surface area contributed by atoms with E-state index in [4.69, 9.17) is 16.0 Å². The van der Waals surface area contributed by atoms with Crippen molar-refractivity contribution in [1.82, 2.24) is 9.78 Å². The van der Waals surface area contributed by atoms with Gasteiger partial charge in [-0.3, -0.25) is 4.68 Å². The van der Waals surface area contributed by atoms with Crippen molar-refractivity contribution < 1.29 is 4.43 Å². The van der Waals surface area contributed by atoms with Crippen LogP contribution >= 0.6 is 34.2 Å². The molecular formula is C19H28ClIN2OSi-. The van der Waals surface area contributed by atoms with Gasteiger partial charge in [0.15, 0.2) is 0 Å². The first-order valence-electron chi connectivity index (χ1n) is 8.82. The molecule has 6 heteroatoms. The Balaban J connectivity index is 2.26. The number of nitrogens with zero attached hydrogens (tertiary/aromatic N) is 2. The molecule has 2 rings (SSSR count). The topological polar surface area (TPSA) is 27.1 Å². The van der Waals surface area contributed by atoms with Crippen molar-refractivity contribution in [1.29, 1.82) is 0 Å². The van der Waals surface area contributed by atoms with Gasteiger partial charge in [-0.15, -0.1) is 16.6 Å². The lowest BCUT2D eigenvalue weighted by Crippen LogP contribution is -2.50. The molecule has 0 spiro atoms. The van der Waals surface area contributed by atoms with Crippen LogP contribution in [0.1, 0.15) is 47.1 Å². The van der Waals surface area contributed by atoms with Crippen LogP contribution in [0.15, 0.2) is 30.6 Å². The van der Waals surface area contributed by atoms with E-state index in [0.717, 1.165) is 19.9 Å². The van der Waals surface area contributed by atoms with E-state index >= 15 is 0 Å². The third-order valence-corrected chi connectivity index (χ3v) is 11.9. The molecule has 0 aliphatic rings. The zero-order chi connectivity index (χ0) is 18.8. The van der Waals surface area contributed by atoms with Gasteiger partial charge in [0, 0.05) is 19.5 Å². The van der Waals surface area contributed by atoms with E-state index in [-0.39, 0.29) is 0 Å². The van der Waals surface area contributed by atoms with Gasteiger partial charge in [-0.1, -0.05) is 59.2 Å². The second-order valence-electron chi connectivity index (χ2n) is 7.53. The van der Waals surface area contributed by atoms with Gasteiger partial charge in [-0.05, 0) is 40.3 Å². The van der Waals surface area contributed by atoms with Crippen LogP contribution in [0.4, 0.5) is 0 Å². The average molecular weight is 491 g/mol. The Bertz CT molecular complexity index is 693. The maximum absolute atomic E-state index is 6.71. The number of hydrogen-bond acceptors (Lipinski definition) is 2. The lowest BCUT2D eigenvalue weighted by atomic mass is 10.2. The summed E-state index contributed by atoms with van der Waals surface area (Å²) in [5, 5.41) is 5.07. The lowest BCUT2D eigenvalue weighted by Gasteiger charge is -2.54. The summed E-state index contributed by atoms with van der Waals surface area (Å²) in [4.78, 5) is 0. The fraction of sp³-hybridized carbons (Fsp3) is 0.526. The molecule has 3 nitrogen and oxygen atoms in total. The van der Waals surface area contributed by atoms with E-state index in [1.165, 1.54) is 0 Å². The normalized spacial score (nSPS) is 12.4. The van der Waals surface area contributed by atoms with Gasteiger partial charge in [-0.25, -0.2) is 0 Å². The second-order valence-corrected chi connectivity index (χ2v) is 14.6. The first-order valence-corrected chi connectivity index (χ1v) is 12.4. The molecular weight excluding hydrogens is 463 g/mol. The Hall–Kier alpha value is -0.533. The summed E-state index contributed by atoms with van der Waals surface area (Å²) in [7, 11) is -1.96. The van der Waals surface area contributed by atoms with Gasteiger partial charge in [0.2, 0.25) is 0 Å². The Morgan fingerprint density at radius 1 is 1.12 bits per heavy atom. The van der Waals surface area contributed by atoms with Crippen molar-refractivity contribution in [3.8, 4) is 5.75 Å². The maximum atomic E-state index is 6.71. The molecule has 0 unspecified atom stereocenters. The van der Waals surface area contributed by atoms with Crippen molar-refractivity contribution in [3.63, 3.8) is 0 Å². The molecule has 0 fully saturated rings. The first-order chi connectivity index (χ1) is 11.7. The van der Waals surface area contributed by atoms with E-state index in [1.54, 1.807) is 0 Å². The highest BCUT2D eigenvalue weighted by atomic mass is 127. The molecule has 0 aliphatic heterocycles. The summed E-state index contributed by atoms with van der Waals surface area (Å²) in [6, 6.07) is 6.09. The van der Waals surface area contributed by atoms with Gasteiger partial charge < -0.3 is 4.43 Å². The van der Waals surface area contributed by atoms with Crippen LogP contribution in [0.5, 0.6) is 5.75 Å². The van der Waals surface area contributed by atoms with E-state index in [0.29, 0.717) is 23.2 Å². The van der Waals surface area contributed by atoms with Gasteiger partial charge in [0.1, 0.15) is 0 Å². The van der Waals surface area contributed by atoms with Crippen LogP contribution in [-0.2, 0) is 6.54 Å². The largest absolute Gasteiger partial charge is 0.688 e. The Labute approximate surface area is 171 Å². The minimum atomic E-state index is -1.96. The van der Waals surface area contributed by atoms with Crippen LogP contribution in [0, 0.1) is 3.57 Å². The zero-order valence-corrected chi connectivity index (χ0v) is 19.8. The van der Waals surface area contributed by atoms with Crippen molar-refractivity contribution in [2.45, 2.75) is 64.7 Å². The third kappa shape index (κ3) is 4.60. The minimum Gasteiger partial charge on any atom is -0.688 e. The second kappa shape index (κ2) is 8.44. The van der Waals surface area contributed by atoms with Crippen LogP contribution < -0.4 is 4.43 Å². The Kier molecular flexibility index (Phi) is 7.01. The van der Waals surface area contributed by atoms with Crippen LogP contribution in [-0.4, -0.2) is 18.1 Å². The lowest BCUT2D eigenvalue weighted by molar-refractivity contribution is 0.479. The highest BCUT2D eigenvalue weighted by Gasteiger charge is 2.34. The molecule has 1 aromatic carbocycles. The van der Waals surface area contributed by atoms with Gasteiger partial charge in [0.05, 0.1) is 22.1 Å². The molecule has 2 aromatic rings. The summed E-state index contributed by atoms with van der Waals surface area (Å²) in [6.07, 6.45) is 3.86. The molecule has 0 saturated carbocycles. The van der Waals surface area contributed by atoms with Crippen molar-refractivity contribution in [2.75, 3.05) is 0 Å². The van der Waals surface area contributed by atoms with Crippen molar-refractivity contribution in [2.24, 2.45) is 0 Å². The summed E-state index contributed by atoms with van der Waals surface area (Å²) in [5.41, 5.74) is 2.67. The summed E-state index contributed by atoms with van der Waals surface area (Å²) in [6.45, 7) is 14.4.